The number of sulfonamides is 1. The molecule has 2 aliphatic rings. The van der Waals surface area contributed by atoms with Crippen LogP contribution in [0.25, 0.3) is 0 Å². The topological polar surface area (TPSA) is 91.4 Å². The molecule has 0 unspecified atom stereocenters. The highest BCUT2D eigenvalue weighted by atomic mass is 32.2. The number of carbonyl (C=O) groups excluding carboxylic acids is 1. The zero-order valence-electron chi connectivity index (χ0n) is 17.2. The normalized spacial score (nSPS) is 15.8. The Labute approximate surface area is 179 Å². The maximum Gasteiger partial charge on any atom is 0.315 e. The fourth-order valence-electron chi connectivity index (χ4n) is 3.51. The van der Waals surface area contributed by atoms with Crippen molar-refractivity contribution in [2.45, 2.75) is 45.1 Å². The Hall–Kier alpha value is -2.61. The molecule has 1 aliphatic carbocycles. The number of allylic oxidation sites excluding steroid dienone is 4. The molecule has 1 aromatic rings. The highest BCUT2D eigenvalue weighted by Gasteiger charge is 2.24. The van der Waals surface area contributed by atoms with Crippen LogP contribution in [0.1, 0.15) is 44.1 Å². The van der Waals surface area contributed by atoms with Gasteiger partial charge in [0, 0.05) is 38.2 Å². The molecule has 2 amide bonds. The van der Waals surface area contributed by atoms with E-state index in [1.165, 1.54) is 9.88 Å². The van der Waals surface area contributed by atoms with Crippen molar-refractivity contribution in [3.63, 3.8) is 0 Å². The first kappa shape index (κ1) is 22.1. The van der Waals surface area contributed by atoms with Gasteiger partial charge in [-0.25, -0.2) is 13.2 Å². The summed E-state index contributed by atoms with van der Waals surface area (Å²) in [5, 5.41) is 5.61. The lowest BCUT2D eigenvalue weighted by Crippen LogP contribution is -2.35. The van der Waals surface area contributed by atoms with Crippen molar-refractivity contribution in [3.8, 4) is 0 Å². The monoisotopic (exact) mass is 430 g/mol. The van der Waals surface area contributed by atoms with Crippen LogP contribution in [0, 0.1) is 0 Å². The maximum atomic E-state index is 12.6. The first-order chi connectivity index (χ1) is 14.5. The number of nitrogens with one attached hydrogen (secondary N) is 2. The molecule has 0 radical (unpaired) electrons. The summed E-state index contributed by atoms with van der Waals surface area (Å²) >= 11 is 0. The van der Waals surface area contributed by atoms with Gasteiger partial charge in [-0.15, -0.1) is 0 Å². The number of hydrogen-bond acceptors (Lipinski definition) is 4. The van der Waals surface area contributed by atoms with Gasteiger partial charge in [-0.1, -0.05) is 37.1 Å². The molecular weight excluding hydrogens is 400 g/mol. The third-order valence-electron chi connectivity index (χ3n) is 5.23. The van der Waals surface area contributed by atoms with Crippen LogP contribution in [0.15, 0.2) is 60.1 Å². The van der Waals surface area contributed by atoms with Gasteiger partial charge in [-0.05, 0) is 48.5 Å². The summed E-state index contributed by atoms with van der Waals surface area (Å²) in [4.78, 5) is 15.8. The minimum Gasteiger partial charge on any atom is -0.338 e. The fraction of sp³-hybridized carbons (Fsp3) is 0.455. The van der Waals surface area contributed by atoms with Crippen LogP contribution < -0.4 is 10.6 Å². The lowest BCUT2D eigenvalue weighted by molar-refractivity contribution is 0.240. The van der Waals surface area contributed by atoms with Crippen LogP contribution in [-0.4, -0.2) is 42.6 Å². The van der Waals surface area contributed by atoms with Crippen molar-refractivity contribution in [1.82, 2.24) is 19.9 Å². The number of rotatable bonds is 10. The van der Waals surface area contributed by atoms with E-state index in [-0.39, 0.29) is 11.8 Å². The summed E-state index contributed by atoms with van der Waals surface area (Å²) in [5.74, 6) is 0.171. The largest absolute Gasteiger partial charge is 0.338 e. The van der Waals surface area contributed by atoms with Gasteiger partial charge >= 0.3 is 6.03 Å². The van der Waals surface area contributed by atoms with Crippen molar-refractivity contribution in [2.24, 2.45) is 0 Å². The molecule has 2 N–H and O–H groups in total. The van der Waals surface area contributed by atoms with E-state index >= 15 is 0 Å². The number of amides is 2. The van der Waals surface area contributed by atoms with Gasteiger partial charge in [-0.3, -0.25) is 9.29 Å². The zero-order valence-corrected chi connectivity index (χ0v) is 18.0. The van der Waals surface area contributed by atoms with Crippen LogP contribution in [0.5, 0.6) is 0 Å². The Morgan fingerprint density at radius 1 is 1.13 bits per heavy atom. The molecule has 8 heteroatoms. The van der Waals surface area contributed by atoms with Crippen molar-refractivity contribution < 1.29 is 13.2 Å². The van der Waals surface area contributed by atoms with Crippen molar-refractivity contribution in [3.05, 3.63) is 65.7 Å². The molecule has 1 aliphatic heterocycles. The zero-order chi connectivity index (χ0) is 21.2. The fourth-order valence-corrected chi connectivity index (χ4v) is 4.98. The Kier molecular flexibility index (Phi) is 8.07. The third-order valence-corrected chi connectivity index (χ3v) is 7.04. The molecule has 0 atom stereocenters. The SMILES string of the molecule is O=C(NCCCCCCS(=O)(=O)N1C=C2CC=CC=C2CC1)NCc1cccnc1. The van der Waals surface area contributed by atoms with Crippen molar-refractivity contribution in [1.29, 1.82) is 0 Å². The second kappa shape index (κ2) is 11.0. The van der Waals surface area contributed by atoms with Gasteiger partial charge in [0.15, 0.2) is 0 Å². The molecule has 162 valence electrons. The summed E-state index contributed by atoms with van der Waals surface area (Å²) in [7, 11) is -3.25. The van der Waals surface area contributed by atoms with Gasteiger partial charge in [-0.2, -0.15) is 0 Å². The second-order valence-electron chi connectivity index (χ2n) is 7.54. The summed E-state index contributed by atoms with van der Waals surface area (Å²) in [6, 6.07) is 3.54. The Bertz CT molecular complexity index is 908. The summed E-state index contributed by atoms with van der Waals surface area (Å²) < 4.78 is 26.7. The number of hydrogen-bond donors (Lipinski definition) is 2. The molecule has 3 rings (SSSR count). The van der Waals surface area contributed by atoms with Gasteiger partial charge in [0.2, 0.25) is 10.0 Å². The molecule has 30 heavy (non-hydrogen) atoms. The second-order valence-corrected chi connectivity index (χ2v) is 9.58. The molecule has 0 aromatic carbocycles. The molecule has 2 heterocycles. The van der Waals surface area contributed by atoms with Gasteiger partial charge in [0.1, 0.15) is 0 Å². The first-order valence-electron chi connectivity index (χ1n) is 10.5. The Balaban J connectivity index is 1.26. The van der Waals surface area contributed by atoms with E-state index in [0.29, 0.717) is 26.1 Å². The predicted octanol–water partition coefficient (Wildman–Crippen LogP) is 3.25. The van der Waals surface area contributed by atoms with Gasteiger partial charge < -0.3 is 10.6 Å². The maximum absolute atomic E-state index is 12.6. The molecule has 0 fully saturated rings. The number of fused-ring (bicyclic) bond motifs is 1. The van der Waals surface area contributed by atoms with E-state index in [4.69, 9.17) is 0 Å². The Morgan fingerprint density at radius 2 is 2.00 bits per heavy atom. The molecule has 0 saturated carbocycles. The van der Waals surface area contributed by atoms with Crippen LogP contribution in [0.2, 0.25) is 0 Å². The summed E-state index contributed by atoms with van der Waals surface area (Å²) in [6.07, 6.45) is 16.2. The lowest BCUT2D eigenvalue weighted by Gasteiger charge is -2.28. The third kappa shape index (κ3) is 6.73. The molecule has 7 nitrogen and oxygen atoms in total. The quantitative estimate of drug-likeness (QED) is 0.558. The number of nitrogens with zero attached hydrogens (tertiary/aromatic N) is 2. The van der Waals surface area contributed by atoms with E-state index in [1.54, 1.807) is 12.4 Å². The lowest BCUT2D eigenvalue weighted by atomic mass is 9.94. The van der Waals surface area contributed by atoms with Crippen molar-refractivity contribution in [2.75, 3.05) is 18.8 Å². The summed E-state index contributed by atoms with van der Waals surface area (Å²) in [5.41, 5.74) is 3.31. The summed E-state index contributed by atoms with van der Waals surface area (Å²) in [6.45, 7) is 1.55. The van der Waals surface area contributed by atoms with Gasteiger partial charge in [0.25, 0.3) is 0 Å². The Morgan fingerprint density at radius 3 is 2.83 bits per heavy atom. The number of urea groups is 1. The smallest absolute Gasteiger partial charge is 0.315 e. The van der Waals surface area contributed by atoms with Crippen LogP contribution in [-0.2, 0) is 16.6 Å². The van der Waals surface area contributed by atoms with E-state index in [2.05, 4.69) is 27.8 Å². The standard InChI is InChI=1S/C22H30N4O3S/c27-22(25-17-19-8-7-12-23-16-19)24-13-5-1-2-6-15-30(28,29)26-14-11-20-9-3-4-10-21(20)18-26/h3-4,7-9,12,16,18H,1-2,5-6,10-11,13-15,17H2,(H2,24,25,27). The molecule has 0 saturated heterocycles. The minimum atomic E-state index is -3.25. The molecule has 1 aromatic heterocycles. The van der Waals surface area contributed by atoms with Gasteiger partial charge in [0.05, 0.1) is 5.75 Å². The predicted molar refractivity (Wildman–Crippen MR) is 118 cm³/mol. The minimum absolute atomic E-state index is 0.171. The van der Waals surface area contributed by atoms with E-state index in [9.17, 15) is 13.2 Å². The highest BCUT2D eigenvalue weighted by Crippen LogP contribution is 2.28. The number of aromatic nitrogens is 1. The molecular formula is C22H30N4O3S. The molecule has 0 bridgehead atoms. The van der Waals surface area contributed by atoms with Crippen LogP contribution >= 0.6 is 0 Å². The van der Waals surface area contributed by atoms with E-state index < -0.39 is 10.0 Å². The highest BCUT2D eigenvalue weighted by molar-refractivity contribution is 7.89. The number of carbonyl (C=O) groups is 1. The van der Waals surface area contributed by atoms with Crippen LogP contribution in [0.4, 0.5) is 4.79 Å². The van der Waals surface area contributed by atoms with Crippen molar-refractivity contribution >= 4 is 16.1 Å². The van der Waals surface area contributed by atoms with E-state index in [1.807, 2.05) is 24.4 Å². The average molecular weight is 431 g/mol. The van der Waals surface area contributed by atoms with E-state index in [0.717, 1.165) is 43.2 Å². The number of pyridine rings is 1. The number of unbranched alkanes of at least 4 members (excludes halogenated alkanes) is 3. The van der Waals surface area contributed by atoms with Crippen LogP contribution in [0.3, 0.4) is 0 Å². The molecule has 0 spiro atoms. The average Bonchev–Trinajstić information content (AvgIpc) is 2.77. The first-order valence-corrected chi connectivity index (χ1v) is 12.1.